The third-order valence-electron chi connectivity index (χ3n) is 12.2. The number of nitrogens with one attached hydrogen (secondary N) is 3. The van der Waals surface area contributed by atoms with Crippen molar-refractivity contribution in [3.63, 3.8) is 0 Å². The number of hydrogen-bond acceptors (Lipinski definition) is 11. The number of fused-ring (bicyclic) bond motifs is 3. The van der Waals surface area contributed by atoms with Crippen LogP contribution in [0.3, 0.4) is 0 Å². The van der Waals surface area contributed by atoms with E-state index in [9.17, 15) is 22.8 Å². The zero-order chi connectivity index (χ0) is 46.3. The van der Waals surface area contributed by atoms with Crippen LogP contribution in [-0.2, 0) is 29.1 Å². The third kappa shape index (κ3) is 10.6. The van der Waals surface area contributed by atoms with Crippen LogP contribution < -0.4 is 29.6 Å². The first-order valence-corrected chi connectivity index (χ1v) is 23.7. The summed E-state index contributed by atoms with van der Waals surface area (Å²) in [7, 11) is -2.60. The molecule has 15 nitrogen and oxygen atoms in total. The number of pyridine rings is 1. The minimum Gasteiger partial charge on any atom is -0.494 e. The molecule has 0 spiro atoms. The molecule has 2 aromatic carbocycles. The fourth-order valence-electron chi connectivity index (χ4n) is 8.68. The summed E-state index contributed by atoms with van der Waals surface area (Å²) in [6.07, 6.45) is 4.89. The summed E-state index contributed by atoms with van der Waals surface area (Å²) < 4.78 is 67.0. The van der Waals surface area contributed by atoms with Crippen LogP contribution >= 0.6 is 0 Å². The molecule has 3 N–H and O–H groups in total. The summed E-state index contributed by atoms with van der Waals surface area (Å²) >= 11 is 0. The maximum Gasteiger partial charge on any atom is 0.408 e. The Morgan fingerprint density at radius 3 is 2.42 bits per heavy atom. The summed E-state index contributed by atoms with van der Waals surface area (Å²) in [6, 6.07) is 9.52. The molecule has 2 aliphatic heterocycles. The number of carbonyl (C=O) groups is 4. The number of sulfonamides is 1. The van der Waals surface area contributed by atoms with E-state index in [1.54, 1.807) is 26.8 Å². The van der Waals surface area contributed by atoms with Crippen molar-refractivity contribution in [2.45, 2.75) is 134 Å². The van der Waals surface area contributed by atoms with Crippen molar-refractivity contribution in [2.75, 3.05) is 13.7 Å². The van der Waals surface area contributed by atoms with Gasteiger partial charge in [-0.25, -0.2) is 22.6 Å². The Balaban J connectivity index is 0.00000327. The van der Waals surface area contributed by atoms with Gasteiger partial charge < -0.3 is 34.5 Å². The molecule has 2 saturated carbocycles. The molecule has 7 rings (SSSR count). The number of benzene rings is 2. The first-order valence-electron chi connectivity index (χ1n) is 22.1. The van der Waals surface area contributed by atoms with Gasteiger partial charge in [-0.1, -0.05) is 26.0 Å². The van der Waals surface area contributed by atoms with E-state index in [-0.39, 0.29) is 47.3 Å². The van der Waals surface area contributed by atoms with E-state index >= 15 is 9.18 Å². The third-order valence-corrected chi connectivity index (χ3v) is 14.0. The fraction of sp³-hybridized carbons (Fsp3) is 0.553. The van der Waals surface area contributed by atoms with Crippen LogP contribution in [0.5, 0.6) is 17.4 Å². The lowest BCUT2D eigenvalue weighted by Gasteiger charge is -2.33. The molecule has 3 aromatic rings. The molecule has 7 atom stereocenters. The van der Waals surface area contributed by atoms with Gasteiger partial charge in [-0.3, -0.25) is 19.1 Å². The highest BCUT2D eigenvalue weighted by Crippen LogP contribution is 2.46. The van der Waals surface area contributed by atoms with E-state index in [1.807, 2.05) is 57.2 Å². The zero-order valence-corrected chi connectivity index (χ0v) is 38.6. The number of aromatic nitrogens is 1. The molecular weight excluding hydrogens is 846 g/mol. The maximum absolute atomic E-state index is 15.4. The van der Waals surface area contributed by atoms with Crippen LogP contribution in [0.2, 0.25) is 0 Å². The van der Waals surface area contributed by atoms with Crippen molar-refractivity contribution >= 4 is 44.6 Å². The monoisotopic (exact) mass is 911 g/mol. The average molecular weight is 912 g/mol. The normalized spacial score (nSPS) is 27.0. The maximum atomic E-state index is 15.4. The molecule has 4 amide bonds. The van der Waals surface area contributed by atoms with Crippen molar-refractivity contribution < 1.29 is 55.2 Å². The molecule has 1 saturated heterocycles. The Morgan fingerprint density at radius 1 is 1.05 bits per heavy atom. The van der Waals surface area contributed by atoms with Crippen LogP contribution in [-0.4, -0.2) is 96.5 Å². The van der Waals surface area contributed by atoms with E-state index < -0.39 is 86.1 Å². The standard InChI is InChI=1S/C47H60FN5O10S.3H2/c1-26(2)61-32-15-13-29(14-16-32)37-20-30-21-39(60-8)36(48)23-35(30)42(49-37)62-33-22-38-41(54)51-47(44(56)52-64(58,59)34-17-18-34)24-31(47)12-10-9-11-27(3)19-28(4)40(43(55)53(38)25-33)50-45(57)63-46(5,6)7;;;/h10,12-16,20-21,23,26-28,31,33-34,38,40H,9,11,17-19,22,24-25H2,1-8H3,(H,50,57)(H,51,54)(H,52,56);3*1H/b12-10-;;;/t27-,28+,31+,33+,38-,40-,47+;;;/m0.../s1. The molecule has 4 aliphatic rings. The van der Waals surface area contributed by atoms with E-state index in [0.717, 1.165) is 6.42 Å². The number of carbonyl (C=O) groups excluding carboxylic acids is 4. The largest absolute Gasteiger partial charge is 0.494 e. The van der Waals surface area contributed by atoms with E-state index in [0.29, 0.717) is 53.5 Å². The number of allylic oxidation sites excluding steroid dienone is 1. The van der Waals surface area contributed by atoms with Crippen LogP contribution in [0.4, 0.5) is 9.18 Å². The Kier molecular flexibility index (Phi) is 13.2. The number of alkyl carbamates (subject to hydrolysis) is 1. The summed E-state index contributed by atoms with van der Waals surface area (Å²) in [5.74, 6) is -2.86. The van der Waals surface area contributed by atoms with Crippen LogP contribution in [0, 0.1) is 23.6 Å². The van der Waals surface area contributed by atoms with Gasteiger partial charge in [-0.05, 0) is 133 Å². The lowest BCUT2D eigenvalue weighted by Crippen LogP contribution is -2.59. The van der Waals surface area contributed by atoms with Crippen molar-refractivity contribution in [1.82, 2.24) is 25.2 Å². The molecule has 352 valence electrons. The number of methoxy groups -OCH3 is 1. The van der Waals surface area contributed by atoms with Gasteiger partial charge in [0.2, 0.25) is 27.7 Å². The van der Waals surface area contributed by atoms with Crippen LogP contribution in [0.15, 0.2) is 54.6 Å². The second-order valence-electron chi connectivity index (χ2n) is 19.1. The first-order chi connectivity index (χ1) is 30.2. The molecule has 0 unspecified atom stereocenters. The van der Waals surface area contributed by atoms with Gasteiger partial charge in [0.05, 0.1) is 30.7 Å². The summed E-state index contributed by atoms with van der Waals surface area (Å²) in [4.78, 5) is 63.2. The second kappa shape index (κ2) is 18.2. The van der Waals surface area contributed by atoms with Crippen molar-refractivity contribution in [2.24, 2.45) is 17.8 Å². The van der Waals surface area contributed by atoms with E-state index in [1.165, 1.54) is 24.1 Å². The van der Waals surface area contributed by atoms with Gasteiger partial charge in [0.1, 0.15) is 35.1 Å². The summed E-state index contributed by atoms with van der Waals surface area (Å²) in [6.45, 7) is 12.8. The minimum atomic E-state index is -3.96. The average Bonchev–Trinajstić information content (AvgIpc) is 4.14. The number of ether oxygens (including phenoxy) is 4. The molecule has 17 heteroatoms. The fourth-order valence-corrected chi connectivity index (χ4v) is 10.0. The molecule has 0 radical (unpaired) electrons. The van der Waals surface area contributed by atoms with Crippen molar-refractivity contribution in [3.05, 3.63) is 60.4 Å². The summed E-state index contributed by atoms with van der Waals surface area (Å²) in [5, 5.41) is 5.87. The smallest absolute Gasteiger partial charge is 0.408 e. The highest BCUT2D eigenvalue weighted by Gasteiger charge is 2.62. The zero-order valence-electron chi connectivity index (χ0n) is 37.7. The predicted molar refractivity (Wildman–Crippen MR) is 244 cm³/mol. The van der Waals surface area contributed by atoms with Gasteiger partial charge >= 0.3 is 6.09 Å². The lowest BCUT2D eigenvalue weighted by molar-refractivity contribution is -0.142. The molecule has 0 bridgehead atoms. The second-order valence-corrected chi connectivity index (χ2v) is 21.0. The number of nitrogens with zero attached hydrogens (tertiary/aromatic N) is 2. The number of rotatable bonds is 10. The molecule has 2 aliphatic carbocycles. The Labute approximate surface area is 378 Å². The minimum absolute atomic E-state index is 0. The van der Waals surface area contributed by atoms with Gasteiger partial charge in [-0.2, -0.15) is 0 Å². The van der Waals surface area contributed by atoms with Gasteiger partial charge in [0.15, 0.2) is 11.6 Å². The topological polar surface area (TPSA) is 192 Å². The number of halogens is 1. The summed E-state index contributed by atoms with van der Waals surface area (Å²) in [5.41, 5.74) is -1.26. The van der Waals surface area contributed by atoms with Crippen LogP contribution in [0.25, 0.3) is 22.0 Å². The van der Waals surface area contributed by atoms with Crippen molar-refractivity contribution in [1.29, 1.82) is 0 Å². The highest BCUT2D eigenvalue weighted by molar-refractivity contribution is 7.91. The van der Waals surface area contributed by atoms with Gasteiger partial charge in [-0.15, -0.1) is 0 Å². The van der Waals surface area contributed by atoms with Gasteiger partial charge in [0.25, 0.3) is 5.91 Å². The number of amides is 4. The predicted octanol–water partition coefficient (Wildman–Crippen LogP) is 7.31. The SMILES string of the molecule is COc1cc2cc(-c3ccc(OC(C)C)cc3)nc(O[C@@H]3C[C@H]4C(=O)N[C@]5(C(=O)NS(=O)(=O)C6CC6)C[C@H]5/C=C\CC[C@H](C)C[C@@H](C)[C@H](NC(=O)OC(C)(C)C)C(=O)N4C3)c2cc1F.[HH].[HH].[HH]. The van der Waals surface area contributed by atoms with Crippen LogP contribution in [0.1, 0.15) is 97.7 Å². The Morgan fingerprint density at radius 2 is 1.77 bits per heavy atom. The number of hydrogen-bond donors (Lipinski definition) is 3. The lowest BCUT2D eigenvalue weighted by atomic mass is 9.88. The van der Waals surface area contributed by atoms with Gasteiger partial charge in [0, 0.05) is 27.6 Å². The Hall–Kier alpha value is -5.45. The molecule has 3 fully saturated rings. The van der Waals surface area contributed by atoms with Crippen molar-refractivity contribution in [3.8, 4) is 28.6 Å². The molecule has 64 heavy (non-hydrogen) atoms. The molecular formula is C47H66FN5O10S. The Bertz CT molecular complexity index is 2440. The quantitative estimate of drug-likeness (QED) is 0.173. The first kappa shape index (κ1) is 46.5. The highest BCUT2D eigenvalue weighted by atomic mass is 32.2. The van der Waals surface area contributed by atoms with E-state index in [2.05, 4.69) is 22.3 Å². The molecule has 1 aromatic heterocycles. The van der Waals surface area contributed by atoms with E-state index in [4.69, 9.17) is 23.9 Å². The molecule has 3 heterocycles.